The predicted octanol–water partition coefficient (Wildman–Crippen LogP) is 3.39. The number of likely N-dealkylation sites (N-methyl/N-ethyl adjacent to an activating group) is 1. The van der Waals surface area contributed by atoms with E-state index in [0.29, 0.717) is 12.4 Å². The molecule has 4 rings (SSSR count). The number of rotatable bonds is 8. The van der Waals surface area contributed by atoms with Crippen molar-refractivity contribution in [2.45, 2.75) is 6.54 Å². The third kappa shape index (κ3) is 6.86. The molecule has 0 aliphatic carbocycles. The van der Waals surface area contributed by atoms with E-state index < -0.39 is 11.8 Å². The average Bonchev–Trinajstić information content (AvgIpc) is 2.90. The van der Waals surface area contributed by atoms with Gasteiger partial charge in [-0.25, -0.2) is 14.2 Å². The van der Waals surface area contributed by atoms with Crippen LogP contribution in [0.4, 0.5) is 10.2 Å². The molecule has 0 radical (unpaired) electrons. The molecule has 0 saturated heterocycles. The molecule has 0 atom stereocenters. The predicted molar refractivity (Wildman–Crippen MR) is 144 cm³/mol. The Labute approximate surface area is 228 Å². The van der Waals surface area contributed by atoms with Gasteiger partial charge in [0, 0.05) is 42.3 Å². The Kier molecular flexibility index (Phi) is 9.52. The average molecular weight is 557 g/mol. The van der Waals surface area contributed by atoms with Crippen molar-refractivity contribution >= 4 is 40.3 Å². The first-order valence-electron chi connectivity index (χ1n) is 11.3. The first-order chi connectivity index (χ1) is 18.6. The molecule has 39 heavy (non-hydrogen) atoms. The lowest BCUT2D eigenvalue weighted by atomic mass is 9.99. The molecular weight excluding hydrogens is 531 g/mol. The fraction of sp³-hybridized carbons (Fsp3) is 0.192. The zero-order chi connectivity index (χ0) is 28.7. The lowest BCUT2D eigenvalue weighted by Crippen LogP contribution is -2.30. The second kappa shape index (κ2) is 12.8. The summed E-state index contributed by atoms with van der Waals surface area (Å²) < 4.78 is 25.1. The lowest BCUT2D eigenvalue weighted by molar-refractivity contribution is -0.118. The minimum Gasteiger partial charge on any atom is -0.495 e. The van der Waals surface area contributed by atoms with E-state index in [1.807, 2.05) is 18.0 Å². The molecule has 2 aromatic heterocycles. The lowest BCUT2D eigenvalue weighted by Gasteiger charge is -2.15. The summed E-state index contributed by atoms with van der Waals surface area (Å²) in [5.74, 6) is -1.55. The maximum atomic E-state index is 14.9. The fourth-order valence-electron chi connectivity index (χ4n) is 3.72. The summed E-state index contributed by atoms with van der Waals surface area (Å²) in [5.41, 5.74) is 12.1. The van der Waals surface area contributed by atoms with Crippen LogP contribution in [0.3, 0.4) is 0 Å². The van der Waals surface area contributed by atoms with Crippen LogP contribution in [-0.4, -0.2) is 64.6 Å². The number of methoxy groups -OCH3 is 2. The van der Waals surface area contributed by atoms with Gasteiger partial charge >= 0.3 is 5.97 Å². The Hall–Kier alpha value is -4.55. The quantitative estimate of drug-likeness (QED) is 0.292. The number of primary amides is 1. The molecule has 1 amide bonds. The van der Waals surface area contributed by atoms with Crippen molar-refractivity contribution < 1.29 is 28.6 Å². The van der Waals surface area contributed by atoms with Gasteiger partial charge < -0.3 is 26.0 Å². The molecule has 0 bridgehead atoms. The highest BCUT2D eigenvalue weighted by Crippen LogP contribution is 2.43. The monoisotopic (exact) mass is 556 g/mol. The minimum absolute atomic E-state index is 0.000283. The number of aromatic nitrogens is 3. The highest BCUT2D eigenvalue weighted by atomic mass is 35.5. The number of ether oxygens (including phenoxy) is 2. The molecular formula is C26H26ClFN6O5. The summed E-state index contributed by atoms with van der Waals surface area (Å²) in [5, 5.41) is 9.33. The van der Waals surface area contributed by atoms with E-state index in [0.717, 1.165) is 5.56 Å². The molecule has 0 unspecified atom stereocenters. The maximum absolute atomic E-state index is 14.9. The number of aromatic carboxylic acids is 1. The summed E-state index contributed by atoms with van der Waals surface area (Å²) in [4.78, 5) is 36.0. The van der Waals surface area contributed by atoms with Gasteiger partial charge in [0.05, 0.1) is 36.9 Å². The van der Waals surface area contributed by atoms with Crippen molar-refractivity contribution in [2.75, 3.05) is 33.5 Å². The smallest absolute Gasteiger partial charge is 0.337 e. The van der Waals surface area contributed by atoms with Crippen molar-refractivity contribution in [2.24, 2.45) is 5.73 Å². The highest BCUT2D eigenvalue weighted by molar-refractivity contribution is 6.35. The van der Waals surface area contributed by atoms with Crippen molar-refractivity contribution in [1.82, 2.24) is 19.9 Å². The summed E-state index contributed by atoms with van der Waals surface area (Å²) in [7, 11) is 4.54. The van der Waals surface area contributed by atoms with Crippen LogP contribution in [0.2, 0.25) is 5.02 Å². The van der Waals surface area contributed by atoms with Crippen LogP contribution in [0.25, 0.3) is 22.2 Å². The normalized spacial score (nSPS) is 10.6. The molecule has 0 spiro atoms. The van der Waals surface area contributed by atoms with Gasteiger partial charge in [-0.1, -0.05) is 23.7 Å². The number of benzene rings is 2. The van der Waals surface area contributed by atoms with Gasteiger partial charge in [0.15, 0.2) is 11.6 Å². The first-order valence-corrected chi connectivity index (χ1v) is 11.7. The molecule has 0 saturated carbocycles. The Morgan fingerprint density at radius 1 is 1.05 bits per heavy atom. The molecule has 4 aromatic rings. The van der Waals surface area contributed by atoms with Gasteiger partial charge in [-0.15, -0.1) is 0 Å². The number of halogens is 2. The number of carboxylic acids is 1. The number of carboxylic acid groups (broad SMARTS) is 1. The minimum atomic E-state index is -1.16. The van der Waals surface area contributed by atoms with Gasteiger partial charge in [0.2, 0.25) is 5.91 Å². The molecule has 2 heterocycles. The largest absolute Gasteiger partial charge is 0.495 e. The Bertz CT molecular complexity index is 1470. The van der Waals surface area contributed by atoms with E-state index in [-0.39, 0.29) is 56.7 Å². The molecule has 0 aliphatic heterocycles. The zero-order valence-electron chi connectivity index (χ0n) is 21.3. The highest BCUT2D eigenvalue weighted by Gasteiger charge is 2.23. The van der Waals surface area contributed by atoms with Crippen LogP contribution >= 0.6 is 11.6 Å². The second-order valence-corrected chi connectivity index (χ2v) is 8.61. The number of hydrogen-bond donors (Lipinski definition) is 3. The van der Waals surface area contributed by atoms with Crippen LogP contribution in [0.5, 0.6) is 11.5 Å². The van der Waals surface area contributed by atoms with E-state index in [9.17, 15) is 19.1 Å². The number of anilines is 1. The topological polar surface area (TPSA) is 167 Å². The number of nitrogens with zero attached hydrogens (tertiary/aromatic N) is 4. The number of nitrogens with two attached hydrogens (primary N) is 2. The number of carbonyl (C=O) groups excluding carboxylic acids is 1. The van der Waals surface area contributed by atoms with Crippen LogP contribution < -0.4 is 20.9 Å². The number of pyridine rings is 1. The van der Waals surface area contributed by atoms with E-state index in [1.165, 1.54) is 44.8 Å². The van der Waals surface area contributed by atoms with Gasteiger partial charge in [-0.05, 0) is 24.7 Å². The van der Waals surface area contributed by atoms with Crippen LogP contribution in [-0.2, 0) is 11.3 Å². The van der Waals surface area contributed by atoms with Crippen molar-refractivity contribution in [1.29, 1.82) is 0 Å². The molecule has 0 fully saturated rings. The Balaban J connectivity index is 0.000000255. The first kappa shape index (κ1) is 29.0. The standard InChI is InChI=1S/C17H12ClFN2O4.C9H14N4O/c1-24-10-7-11(25-2)14(19)12(13(10)18)8-3-4-9(17(22)23)16-15(8)20-5-6-21-16;1-13(6-9(11)14)5-7-2-3-8(10)12-4-7/h3-7H,1-2H3,(H,22,23);2-4H,5-6H2,1H3,(H2,10,12)(H2,11,14). The maximum Gasteiger partial charge on any atom is 0.337 e. The van der Waals surface area contributed by atoms with E-state index >= 15 is 0 Å². The summed E-state index contributed by atoms with van der Waals surface area (Å²) in [6.45, 7) is 0.876. The molecule has 11 nitrogen and oxygen atoms in total. The Morgan fingerprint density at radius 3 is 2.28 bits per heavy atom. The summed E-state index contributed by atoms with van der Waals surface area (Å²) >= 11 is 6.30. The van der Waals surface area contributed by atoms with Crippen molar-refractivity contribution in [3.8, 4) is 22.6 Å². The molecule has 5 N–H and O–H groups in total. The number of carbonyl (C=O) groups is 2. The van der Waals surface area contributed by atoms with Crippen molar-refractivity contribution in [3.63, 3.8) is 0 Å². The fourth-order valence-corrected chi connectivity index (χ4v) is 4.03. The number of amides is 1. The molecule has 13 heteroatoms. The van der Waals surface area contributed by atoms with Crippen LogP contribution in [0.15, 0.2) is 48.9 Å². The van der Waals surface area contributed by atoms with Crippen LogP contribution in [0, 0.1) is 5.82 Å². The van der Waals surface area contributed by atoms with Gasteiger partial charge in [-0.3, -0.25) is 19.7 Å². The van der Waals surface area contributed by atoms with E-state index in [1.54, 1.807) is 12.3 Å². The Morgan fingerprint density at radius 2 is 1.72 bits per heavy atom. The van der Waals surface area contributed by atoms with Gasteiger partial charge in [0.1, 0.15) is 17.1 Å². The third-order valence-electron chi connectivity index (χ3n) is 5.42. The molecule has 0 aliphatic rings. The van der Waals surface area contributed by atoms with Gasteiger partial charge in [-0.2, -0.15) is 0 Å². The zero-order valence-corrected chi connectivity index (χ0v) is 22.1. The summed E-state index contributed by atoms with van der Waals surface area (Å²) in [6, 6.07) is 7.70. The summed E-state index contributed by atoms with van der Waals surface area (Å²) in [6.07, 6.45) is 4.44. The van der Waals surface area contributed by atoms with Crippen LogP contribution in [0.1, 0.15) is 15.9 Å². The number of hydrogen-bond acceptors (Lipinski definition) is 9. The number of fused-ring (bicyclic) bond motifs is 1. The van der Waals surface area contributed by atoms with E-state index in [4.69, 9.17) is 32.5 Å². The SMILES string of the molecule is CN(CC(N)=O)Cc1ccc(N)nc1.COc1cc(OC)c(Cl)c(-c2ccc(C(=O)O)c3nccnc23)c1F. The molecule has 2 aromatic carbocycles. The second-order valence-electron chi connectivity index (χ2n) is 8.23. The van der Waals surface area contributed by atoms with E-state index in [2.05, 4.69) is 15.0 Å². The molecule has 204 valence electrons. The van der Waals surface area contributed by atoms with Gasteiger partial charge in [0.25, 0.3) is 0 Å². The van der Waals surface area contributed by atoms with Crippen molar-refractivity contribution in [3.05, 3.63) is 70.9 Å². The third-order valence-corrected chi connectivity index (χ3v) is 5.80. The number of nitrogen functional groups attached to an aromatic ring is 1.